The number of aryl methyl sites for hydroxylation is 1. The van der Waals surface area contributed by atoms with Crippen LogP contribution in [0.15, 0.2) is 83.8 Å². The van der Waals surface area contributed by atoms with Gasteiger partial charge in [-0.05, 0) is 60.2 Å². The van der Waals surface area contributed by atoms with Crippen LogP contribution in [0.1, 0.15) is 42.0 Å². The molecule has 1 aliphatic carbocycles. The summed E-state index contributed by atoms with van der Waals surface area (Å²) in [5.74, 6) is -0.436. The van der Waals surface area contributed by atoms with Gasteiger partial charge < -0.3 is 15.0 Å². The van der Waals surface area contributed by atoms with Crippen molar-refractivity contribution >= 4 is 33.4 Å². The van der Waals surface area contributed by atoms with Crippen molar-refractivity contribution in [2.24, 2.45) is 0 Å². The van der Waals surface area contributed by atoms with Crippen LogP contribution in [-0.4, -0.2) is 75.5 Å². The van der Waals surface area contributed by atoms with E-state index >= 15 is 0 Å². The molecule has 44 heavy (non-hydrogen) atoms. The number of ether oxygens (including phenoxy) is 1. The maximum absolute atomic E-state index is 14.0. The van der Waals surface area contributed by atoms with E-state index < -0.39 is 16.1 Å². The summed E-state index contributed by atoms with van der Waals surface area (Å²) in [7, 11) is -3.55. The Kier molecular flexibility index (Phi) is 11.1. The number of hydrogen-bond acceptors (Lipinski definition) is 6. The molecule has 1 atom stereocenters. The van der Waals surface area contributed by atoms with Gasteiger partial charge in [0.15, 0.2) is 0 Å². The minimum absolute atomic E-state index is 0.0260. The summed E-state index contributed by atoms with van der Waals surface area (Å²) >= 11 is 6.13. The zero-order chi connectivity index (χ0) is 30.9. The fraction of sp³-hybridized carbons (Fsp3) is 0.394. The van der Waals surface area contributed by atoms with E-state index in [-0.39, 0.29) is 35.7 Å². The first-order chi connectivity index (χ1) is 21.3. The Hall–Kier alpha value is -3.28. The highest BCUT2D eigenvalue weighted by Gasteiger charge is 2.32. The maximum Gasteiger partial charge on any atom is 0.247 e. The van der Waals surface area contributed by atoms with Crippen LogP contribution in [0.5, 0.6) is 0 Å². The normalized spacial score (nSPS) is 16.3. The van der Waals surface area contributed by atoms with Crippen molar-refractivity contribution in [2.75, 3.05) is 39.4 Å². The lowest BCUT2D eigenvalue weighted by Crippen LogP contribution is -2.46. The molecule has 2 amide bonds. The van der Waals surface area contributed by atoms with Crippen molar-refractivity contribution < 1.29 is 22.7 Å². The van der Waals surface area contributed by atoms with E-state index in [0.717, 1.165) is 42.6 Å². The molecule has 1 saturated heterocycles. The Bertz CT molecular complexity index is 1490. The van der Waals surface area contributed by atoms with E-state index in [9.17, 15) is 18.0 Å². The minimum Gasteiger partial charge on any atom is -0.379 e. The third kappa shape index (κ3) is 9.12. The minimum atomic E-state index is -3.55. The summed E-state index contributed by atoms with van der Waals surface area (Å²) in [5, 5.41) is 3.66. The molecule has 234 valence electrons. The standard InChI is InChI=1S/C33H39ClN4O5S/c34-28-11-6-26(7-12-28)24-38(31(39)17-10-25-8-15-30(16-9-25)44(41,42)36-29-13-14-29)32(27-4-2-1-3-5-27)33(40)35-18-19-37-20-22-43-23-21-37/h1-9,11-12,15-16,29,32,36H,10,13-14,17-24H2,(H,35,40). The molecule has 2 N–H and O–H groups in total. The van der Waals surface area contributed by atoms with Crippen molar-refractivity contribution in [3.63, 3.8) is 0 Å². The second-order valence-electron chi connectivity index (χ2n) is 11.2. The number of morpholine rings is 1. The van der Waals surface area contributed by atoms with Crippen molar-refractivity contribution in [1.29, 1.82) is 0 Å². The average molecular weight is 639 g/mol. The van der Waals surface area contributed by atoms with Crippen molar-refractivity contribution in [3.8, 4) is 0 Å². The van der Waals surface area contributed by atoms with E-state index in [4.69, 9.17) is 16.3 Å². The predicted octanol–water partition coefficient (Wildman–Crippen LogP) is 3.93. The highest BCUT2D eigenvalue weighted by atomic mass is 35.5. The number of carbonyl (C=O) groups excluding carboxylic acids is 2. The van der Waals surface area contributed by atoms with Crippen LogP contribution in [0.4, 0.5) is 0 Å². The third-order valence-corrected chi connectivity index (χ3v) is 9.64. The van der Waals surface area contributed by atoms with Gasteiger partial charge in [0.25, 0.3) is 0 Å². The van der Waals surface area contributed by atoms with Gasteiger partial charge in [-0.25, -0.2) is 13.1 Å². The molecule has 0 bridgehead atoms. The van der Waals surface area contributed by atoms with Gasteiger partial charge in [-0.2, -0.15) is 0 Å². The summed E-state index contributed by atoms with van der Waals surface area (Å²) in [5.41, 5.74) is 2.40. The number of benzene rings is 3. The maximum atomic E-state index is 14.0. The van der Waals surface area contributed by atoms with Gasteiger partial charge in [-0.1, -0.05) is 66.2 Å². The largest absolute Gasteiger partial charge is 0.379 e. The van der Waals surface area contributed by atoms with Crippen molar-refractivity contribution in [2.45, 2.75) is 49.2 Å². The van der Waals surface area contributed by atoms with Gasteiger partial charge in [0.1, 0.15) is 6.04 Å². The Morgan fingerprint density at radius 3 is 2.25 bits per heavy atom. The molecule has 0 radical (unpaired) electrons. The van der Waals surface area contributed by atoms with E-state index in [2.05, 4.69) is 14.9 Å². The van der Waals surface area contributed by atoms with E-state index in [1.165, 1.54) is 0 Å². The van der Waals surface area contributed by atoms with E-state index in [1.807, 2.05) is 42.5 Å². The molecule has 9 nitrogen and oxygen atoms in total. The number of halogens is 1. The molecule has 2 aliphatic rings. The zero-order valence-corrected chi connectivity index (χ0v) is 26.2. The van der Waals surface area contributed by atoms with E-state index in [0.29, 0.717) is 37.7 Å². The number of amides is 2. The molecule has 1 saturated carbocycles. The summed E-state index contributed by atoms with van der Waals surface area (Å²) < 4.78 is 33.2. The molecule has 1 heterocycles. The second-order valence-corrected chi connectivity index (χ2v) is 13.4. The quantitative estimate of drug-likeness (QED) is 0.277. The van der Waals surface area contributed by atoms with Gasteiger partial charge in [0.05, 0.1) is 18.1 Å². The molecular weight excluding hydrogens is 600 g/mol. The molecule has 0 spiro atoms. The summed E-state index contributed by atoms with van der Waals surface area (Å²) in [6.45, 7) is 4.38. The van der Waals surface area contributed by atoms with Gasteiger partial charge in [-0.15, -0.1) is 0 Å². The lowest BCUT2D eigenvalue weighted by atomic mass is 10.0. The first-order valence-electron chi connectivity index (χ1n) is 15.1. The van der Waals surface area contributed by atoms with Gasteiger partial charge in [0, 0.05) is 50.2 Å². The van der Waals surface area contributed by atoms with Gasteiger partial charge in [0.2, 0.25) is 21.8 Å². The predicted molar refractivity (Wildman–Crippen MR) is 170 cm³/mol. The van der Waals surface area contributed by atoms with E-state index in [1.54, 1.807) is 41.3 Å². The third-order valence-electron chi connectivity index (χ3n) is 7.85. The Balaban J connectivity index is 1.32. The number of rotatable bonds is 14. The fourth-order valence-electron chi connectivity index (χ4n) is 5.20. The second kappa shape index (κ2) is 15.1. The molecule has 2 fully saturated rings. The SMILES string of the molecule is O=C(NCCN1CCOCC1)C(c1ccccc1)N(Cc1ccc(Cl)cc1)C(=O)CCc1ccc(S(=O)(=O)NC2CC2)cc1. The van der Waals surface area contributed by atoms with Crippen LogP contribution in [0.2, 0.25) is 5.02 Å². The van der Waals surface area contributed by atoms with Crippen molar-refractivity contribution in [3.05, 3.63) is 101 Å². The molecule has 3 aromatic carbocycles. The topological polar surface area (TPSA) is 108 Å². The highest BCUT2D eigenvalue weighted by Crippen LogP contribution is 2.26. The smallest absolute Gasteiger partial charge is 0.247 e. The average Bonchev–Trinajstić information content (AvgIpc) is 3.85. The molecule has 11 heteroatoms. The fourth-order valence-corrected chi connectivity index (χ4v) is 6.63. The molecule has 0 aromatic heterocycles. The number of carbonyl (C=O) groups is 2. The van der Waals surface area contributed by atoms with Crippen LogP contribution in [0.25, 0.3) is 0 Å². The lowest BCUT2D eigenvalue weighted by Gasteiger charge is -2.32. The summed E-state index contributed by atoms with van der Waals surface area (Å²) in [4.78, 5) is 31.9. The number of sulfonamides is 1. The summed E-state index contributed by atoms with van der Waals surface area (Å²) in [6.07, 6.45) is 2.26. The van der Waals surface area contributed by atoms with Crippen LogP contribution in [0, 0.1) is 0 Å². The first-order valence-corrected chi connectivity index (χ1v) is 16.9. The van der Waals surface area contributed by atoms with Crippen LogP contribution < -0.4 is 10.0 Å². The first kappa shape index (κ1) is 32.1. The Morgan fingerprint density at radius 1 is 0.932 bits per heavy atom. The Labute approximate surface area is 264 Å². The van der Waals surface area contributed by atoms with Crippen LogP contribution in [-0.2, 0) is 37.3 Å². The van der Waals surface area contributed by atoms with Crippen LogP contribution in [0.3, 0.4) is 0 Å². The number of nitrogens with zero attached hydrogens (tertiary/aromatic N) is 2. The van der Waals surface area contributed by atoms with Crippen molar-refractivity contribution in [1.82, 2.24) is 19.8 Å². The van der Waals surface area contributed by atoms with Gasteiger partial charge >= 0.3 is 0 Å². The molecule has 3 aromatic rings. The van der Waals surface area contributed by atoms with Crippen LogP contribution >= 0.6 is 11.6 Å². The monoisotopic (exact) mass is 638 g/mol. The molecule has 1 aliphatic heterocycles. The van der Waals surface area contributed by atoms with Gasteiger partial charge in [-0.3, -0.25) is 14.5 Å². The lowest BCUT2D eigenvalue weighted by molar-refractivity contribution is -0.141. The zero-order valence-electron chi connectivity index (χ0n) is 24.7. The summed E-state index contributed by atoms with van der Waals surface area (Å²) in [6, 6.07) is 22.4. The molecule has 1 unspecified atom stereocenters. The molecule has 5 rings (SSSR count). The molecular formula is C33H39ClN4O5S. The Morgan fingerprint density at radius 2 is 1.59 bits per heavy atom. The number of hydrogen-bond donors (Lipinski definition) is 2. The number of nitrogens with one attached hydrogen (secondary N) is 2. The highest BCUT2D eigenvalue weighted by molar-refractivity contribution is 7.89.